The van der Waals surface area contributed by atoms with Gasteiger partial charge in [0.1, 0.15) is 6.54 Å². The van der Waals surface area contributed by atoms with Crippen LogP contribution in [0.2, 0.25) is 0 Å². The first-order valence-electron chi connectivity index (χ1n) is 6.84. The van der Waals surface area contributed by atoms with Crippen LogP contribution in [-0.2, 0) is 11.3 Å². The van der Waals surface area contributed by atoms with Gasteiger partial charge in [-0.2, -0.15) is 0 Å². The SMILES string of the molecule is Cc1ccc(CN(CC(=O)O)c2ccccc2N)cc1C. The van der Waals surface area contributed by atoms with E-state index in [0.717, 1.165) is 11.3 Å². The smallest absolute Gasteiger partial charge is 0.323 e. The summed E-state index contributed by atoms with van der Waals surface area (Å²) in [6.07, 6.45) is 0. The van der Waals surface area contributed by atoms with Gasteiger partial charge in [-0.25, -0.2) is 0 Å². The van der Waals surface area contributed by atoms with E-state index >= 15 is 0 Å². The van der Waals surface area contributed by atoms with Gasteiger partial charge in [-0.05, 0) is 42.7 Å². The lowest BCUT2D eigenvalue weighted by molar-refractivity contribution is -0.135. The van der Waals surface area contributed by atoms with Crippen molar-refractivity contribution in [2.45, 2.75) is 20.4 Å². The normalized spacial score (nSPS) is 10.4. The second-order valence-electron chi connectivity index (χ2n) is 5.23. The Morgan fingerprint density at radius 3 is 2.48 bits per heavy atom. The summed E-state index contributed by atoms with van der Waals surface area (Å²) in [6, 6.07) is 13.5. The number of benzene rings is 2. The predicted molar refractivity (Wildman–Crippen MR) is 85.5 cm³/mol. The molecule has 0 spiro atoms. The topological polar surface area (TPSA) is 66.6 Å². The minimum absolute atomic E-state index is 0.0822. The molecular formula is C17H20N2O2. The molecule has 0 saturated carbocycles. The molecule has 2 aromatic carbocycles. The second-order valence-corrected chi connectivity index (χ2v) is 5.23. The van der Waals surface area contributed by atoms with E-state index in [1.54, 1.807) is 11.0 Å². The van der Waals surface area contributed by atoms with Gasteiger partial charge >= 0.3 is 5.97 Å². The van der Waals surface area contributed by atoms with Crippen molar-refractivity contribution in [3.05, 3.63) is 59.2 Å². The van der Waals surface area contributed by atoms with Crippen molar-refractivity contribution in [1.82, 2.24) is 0 Å². The average molecular weight is 284 g/mol. The molecular weight excluding hydrogens is 264 g/mol. The van der Waals surface area contributed by atoms with Gasteiger partial charge < -0.3 is 15.7 Å². The summed E-state index contributed by atoms with van der Waals surface area (Å²) in [6.45, 7) is 4.54. The molecule has 0 aliphatic rings. The van der Waals surface area contributed by atoms with Gasteiger partial charge in [0, 0.05) is 6.54 Å². The molecule has 0 bridgehead atoms. The molecule has 0 radical (unpaired) electrons. The Morgan fingerprint density at radius 2 is 1.86 bits per heavy atom. The van der Waals surface area contributed by atoms with Crippen LogP contribution in [0, 0.1) is 13.8 Å². The van der Waals surface area contributed by atoms with Crippen molar-refractivity contribution in [3.8, 4) is 0 Å². The van der Waals surface area contributed by atoms with Gasteiger partial charge in [0.15, 0.2) is 0 Å². The second kappa shape index (κ2) is 6.31. The van der Waals surface area contributed by atoms with Crippen LogP contribution in [0.5, 0.6) is 0 Å². The number of nitrogens with two attached hydrogens (primary N) is 1. The molecule has 0 aliphatic heterocycles. The highest BCUT2D eigenvalue weighted by molar-refractivity contribution is 5.77. The number of hydrogen-bond donors (Lipinski definition) is 2. The maximum atomic E-state index is 11.1. The summed E-state index contributed by atoms with van der Waals surface area (Å²) < 4.78 is 0. The summed E-state index contributed by atoms with van der Waals surface area (Å²) in [5.74, 6) is -0.873. The molecule has 0 saturated heterocycles. The number of aryl methyl sites for hydroxylation is 2. The van der Waals surface area contributed by atoms with Gasteiger partial charge in [0.05, 0.1) is 11.4 Å². The first-order valence-corrected chi connectivity index (χ1v) is 6.84. The standard InChI is InChI=1S/C17H20N2O2/c1-12-7-8-14(9-13(12)2)10-19(11-17(20)21)16-6-4-3-5-15(16)18/h3-9H,10-11,18H2,1-2H3,(H,20,21). The molecule has 110 valence electrons. The molecule has 2 rings (SSSR count). The largest absolute Gasteiger partial charge is 0.480 e. The van der Waals surface area contributed by atoms with Crippen molar-refractivity contribution in [3.63, 3.8) is 0 Å². The summed E-state index contributed by atoms with van der Waals surface area (Å²) in [5, 5.41) is 9.13. The fraction of sp³-hybridized carbons (Fsp3) is 0.235. The quantitative estimate of drug-likeness (QED) is 0.828. The molecule has 0 unspecified atom stereocenters. The Kier molecular flexibility index (Phi) is 4.48. The number of carbonyl (C=O) groups is 1. The van der Waals surface area contributed by atoms with Gasteiger partial charge in [-0.1, -0.05) is 30.3 Å². The van der Waals surface area contributed by atoms with E-state index in [2.05, 4.69) is 26.0 Å². The van der Waals surface area contributed by atoms with Crippen LogP contribution in [0.3, 0.4) is 0 Å². The Bertz CT molecular complexity index is 653. The van der Waals surface area contributed by atoms with Crippen LogP contribution < -0.4 is 10.6 Å². The Morgan fingerprint density at radius 1 is 1.14 bits per heavy atom. The highest BCUT2D eigenvalue weighted by atomic mass is 16.4. The maximum Gasteiger partial charge on any atom is 0.323 e. The number of carboxylic acid groups (broad SMARTS) is 1. The van der Waals surface area contributed by atoms with Crippen molar-refractivity contribution in [2.75, 3.05) is 17.2 Å². The van der Waals surface area contributed by atoms with Gasteiger partial charge in [-0.3, -0.25) is 4.79 Å². The van der Waals surface area contributed by atoms with Crippen LogP contribution in [0.1, 0.15) is 16.7 Å². The van der Waals surface area contributed by atoms with E-state index < -0.39 is 5.97 Å². The number of aliphatic carboxylic acids is 1. The summed E-state index contributed by atoms with van der Waals surface area (Å²) in [4.78, 5) is 12.9. The molecule has 0 aromatic heterocycles. The third-order valence-corrected chi connectivity index (χ3v) is 3.55. The molecule has 0 amide bonds. The lowest BCUT2D eigenvalue weighted by Gasteiger charge is -2.24. The van der Waals surface area contributed by atoms with Crippen molar-refractivity contribution in [1.29, 1.82) is 0 Å². The average Bonchev–Trinajstić information content (AvgIpc) is 2.42. The zero-order chi connectivity index (χ0) is 15.4. The van der Waals surface area contributed by atoms with Crippen LogP contribution in [0.4, 0.5) is 11.4 Å². The number of nitrogens with zero attached hydrogens (tertiary/aromatic N) is 1. The molecule has 4 nitrogen and oxygen atoms in total. The summed E-state index contributed by atoms with van der Waals surface area (Å²) >= 11 is 0. The molecule has 0 fully saturated rings. The summed E-state index contributed by atoms with van der Waals surface area (Å²) in [7, 11) is 0. The Hall–Kier alpha value is -2.49. The minimum atomic E-state index is -0.873. The van der Waals surface area contributed by atoms with Crippen LogP contribution >= 0.6 is 0 Å². The van der Waals surface area contributed by atoms with E-state index in [0.29, 0.717) is 12.2 Å². The number of hydrogen-bond acceptors (Lipinski definition) is 3. The highest BCUT2D eigenvalue weighted by Crippen LogP contribution is 2.24. The number of anilines is 2. The molecule has 0 atom stereocenters. The Labute approximate surface area is 124 Å². The zero-order valence-electron chi connectivity index (χ0n) is 12.3. The molecule has 21 heavy (non-hydrogen) atoms. The van der Waals surface area contributed by atoms with Crippen molar-refractivity contribution in [2.24, 2.45) is 0 Å². The van der Waals surface area contributed by atoms with Gasteiger partial charge in [-0.15, -0.1) is 0 Å². The summed E-state index contributed by atoms with van der Waals surface area (Å²) in [5.41, 5.74) is 10.8. The first kappa shape index (κ1) is 14.9. The monoisotopic (exact) mass is 284 g/mol. The van der Waals surface area contributed by atoms with Crippen molar-refractivity contribution < 1.29 is 9.90 Å². The highest BCUT2D eigenvalue weighted by Gasteiger charge is 2.14. The number of nitrogen functional groups attached to an aromatic ring is 1. The van der Waals surface area contributed by atoms with E-state index in [1.807, 2.05) is 24.3 Å². The zero-order valence-corrected chi connectivity index (χ0v) is 12.3. The fourth-order valence-corrected chi connectivity index (χ4v) is 2.29. The van der Waals surface area contributed by atoms with E-state index in [4.69, 9.17) is 10.8 Å². The predicted octanol–water partition coefficient (Wildman–Crippen LogP) is 2.98. The van der Waals surface area contributed by atoms with E-state index in [-0.39, 0.29) is 6.54 Å². The molecule has 3 N–H and O–H groups in total. The number of rotatable bonds is 5. The van der Waals surface area contributed by atoms with E-state index in [9.17, 15) is 4.79 Å². The first-order chi connectivity index (χ1) is 9.97. The van der Waals surface area contributed by atoms with E-state index in [1.165, 1.54) is 11.1 Å². The fourth-order valence-electron chi connectivity index (χ4n) is 2.29. The third-order valence-electron chi connectivity index (χ3n) is 3.55. The molecule has 0 aliphatic carbocycles. The molecule has 0 heterocycles. The van der Waals surface area contributed by atoms with Crippen LogP contribution in [0.25, 0.3) is 0 Å². The number of para-hydroxylation sites is 2. The molecule has 2 aromatic rings. The lowest BCUT2D eigenvalue weighted by Crippen LogP contribution is -2.29. The Balaban J connectivity index is 2.30. The molecule has 4 heteroatoms. The maximum absolute atomic E-state index is 11.1. The van der Waals surface area contributed by atoms with Gasteiger partial charge in [0.2, 0.25) is 0 Å². The van der Waals surface area contributed by atoms with Crippen LogP contribution in [-0.4, -0.2) is 17.6 Å². The van der Waals surface area contributed by atoms with Crippen LogP contribution in [0.15, 0.2) is 42.5 Å². The minimum Gasteiger partial charge on any atom is -0.480 e. The van der Waals surface area contributed by atoms with Crippen molar-refractivity contribution >= 4 is 17.3 Å². The van der Waals surface area contributed by atoms with Gasteiger partial charge in [0.25, 0.3) is 0 Å². The third kappa shape index (κ3) is 3.75. The lowest BCUT2D eigenvalue weighted by atomic mass is 10.1. The number of carboxylic acids is 1.